The van der Waals surface area contributed by atoms with Gasteiger partial charge in [-0.25, -0.2) is 0 Å². The minimum Gasteiger partial charge on any atom is -0.375 e. The average Bonchev–Trinajstić information content (AvgIpc) is 2.74. The molecule has 0 aromatic carbocycles. The van der Waals surface area contributed by atoms with Crippen molar-refractivity contribution in [2.24, 2.45) is 5.92 Å². The van der Waals surface area contributed by atoms with Gasteiger partial charge in [-0.1, -0.05) is 6.07 Å². The van der Waals surface area contributed by atoms with Crippen LogP contribution in [0.2, 0.25) is 0 Å². The summed E-state index contributed by atoms with van der Waals surface area (Å²) < 4.78 is 5.92. The van der Waals surface area contributed by atoms with Crippen LogP contribution in [-0.4, -0.2) is 59.6 Å². The maximum atomic E-state index is 11.5. The van der Waals surface area contributed by atoms with E-state index in [1.54, 1.807) is 13.1 Å². The van der Waals surface area contributed by atoms with Gasteiger partial charge in [0, 0.05) is 58.0 Å². The molecule has 2 fully saturated rings. The molecule has 3 rings (SSSR count). The highest BCUT2D eigenvalue weighted by Crippen LogP contribution is 2.24. The summed E-state index contributed by atoms with van der Waals surface area (Å²) in [7, 11) is 0. The number of hydrogen-bond acceptors (Lipinski definition) is 4. The average molecular weight is 275 g/mol. The number of carbonyl (C=O) groups excluding carboxylic acids is 1. The Kier molecular flexibility index (Phi) is 3.98. The summed E-state index contributed by atoms with van der Waals surface area (Å²) in [4.78, 5) is 20.0. The number of fused-ring (bicyclic) bond motifs is 1. The van der Waals surface area contributed by atoms with Gasteiger partial charge in [-0.2, -0.15) is 0 Å². The third-order valence-corrected chi connectivity index (χ3v) is 4.19. The number of hydrogen-bond donors (Lipinski definition) is 0. The topological polar surface area (TPSA) is 45.7 Å². The fraction of sp³-hybridized carbons (Fsp3) is 0.600. The van der Waals surface area contributed by atoms with E-state index in [1.165, 1.54) is 5.56 Å². The van der Waals surface area contributed by atoms with Crippen molar-refractivity contribution in [3.8, 4) is 0 Å². The van der Waals surface area contributed by atoms with Crippen molar-refractivity contribution in [1.29, 1.82) is 0 Å². The van der Waals surface area contributed by atoms with Gasteiger partial charge in [0.25, 0.3) is 0 Å². The predicted molar refractivity (Wildman–Crippen MR) is 75.0 cm³/mol. The number of pyridine rings is 1. The summed E-state index contributed by atoms with van der Waals surface area (Å²) in [6.07, 6.45) is 3.92. The van der Waals surface area contributed by atoms with Crippen molar-refractivity contribution in [3.05, 3.63) is 30.1 Å². The standard InChI is InChI=1S/C15H21N3O2/c1-12(19)18-10-14-9-17(5-6-20-15(14)11-18)8-13-3-2-4-16-7-13/h2-4,7,14-15H,5-6,8-11H2,1H3/t14-,15+/m0/s1. The van der Waals surface area contributed by atoms with Crippen molar-refractivity contribution >= 4 is 5.91 Å². The molecular formula is C15H21N3O2. The predicted octanol–water partition coefficient (Wildman–Crippen LogP) is 0.761. The Morgan fingerprint density at radius 2 is 2.35 bits per heavy atom. The van der Waals surface area contributed by atoms with E-state index in [1.807, 2.05) is 17.2 Å². The van der Waals surface area contributed by atoms with E-state index < -0.39 is 0 Å². The highest BCUT2D eigenvalue weighted by molar-refractivity contribution is 5.73. The van der Waals surface area contributed by atoms with Crippen LogP contribution in [0.4, 0.5) is 0 Å². The summed E-state index contributed by atoms with van der Waals surface area (Å²) in [5.74, 6) is 0.582. The molecule has 0 unspecified atom stereocenters. The Bertz CT molecular complexity index is 465. The van der Waals surface area contributed by atoms with Gasteiger partial charge < -0.3 is 9.64 Å². The van der Waals surface area contributed by atoms with Crippen LogP contribution >= 0.6 is 0 Å². The molecule has 2 aliphatic rings. The second-order valence-corrected chi connectivity index (χ2v) is 5.69. The smallest absolute Gasteiger partial charge is 0.219 e. The van der Waals surface area contributed by atoms with E-state index in [0.29, 0.717) is 5.92 Å². The van der Waals surface area contributed by atoms with Gasteiger partial charge in [-0.15, -0.1) is 0 Å². The van der Waals surface area contributed by atoms with Crippen LogP contribution in [0.5, 0.6) is 0 Å². The molecule has 108 valence electrons. The number of amides is 1. The molecule has 0 spiro atoms. The summed E-state index contributed by atoms with van der Waals surface area (Å²) >= 11 is 0. The lowest BCUT2D eigenvalue weighted by atomic mass is 10.1. The number of aromatic nitrogens is 1. The lowest BCUT2D eigenvalue weighted by Gasteiger charge is -2.23. The highest BCUT2D eigenvalue weighted by atomic mass is 16.5. The Hall–Kier alpha value is -1.46. The maximum absolute atomic E-state index is 11.5. The Labute approximate surface area is 119 Å². The van der Waals surface area contributed by atoms with E-state index in [4.69, 9.17) is 4.74 Å². The first kappa shape index (κ1) is 13.5. The molecule has 2 aliphatic heterocycles. The Morgan fingerprint density at radius 3 is 3.10 bits per heavy atom. The molecule has 1 amide bonds. The van der Waals surface area contributed by atoms with E-state index >= 15 is 0 Å². The zero-order valence-corrected chi connectivity index (χ0v) is 11.9. The van der Waals surface area contributed by atoms with Crippen LogP contribution in [-0.2, 0) is 16.1 Å². The third kappa shape index (κ3) is 2.99. The van der Waals surface area contributed by atoms with Crippen molar-refractivity contribution in [1.82, 2.24) is 14.8 Å². The van der Waals surface area contributed by atoms with Gasteiger partial charge in [-0.05, 0) is 11.6 Å². The molecule has 1 aromatic rings. The van der Waals surface area contributed by atoms with Crippen molar-refractivity contribution < 1.29 is 9.53 Å². The third-order valence-electron chi connectivity index (χ3n) is 4.19. The Morgan fingerprint density at radius 1 is 1.45 bits per heavy atom. The molecule has 5 heteroatoms. The quantitative estimate of drug-likeness (QED) is 0.799. The Balaban J connectivity index is 1.63. The monoisotopic (exact) mass is 275 g/mol. The van der Waals surface area contributed by atoms with Crippen LogP contribution in [0.25, 0.3) is 0 Å². The SMILES string of the molecule is CC(=O)N1C[C@@H]2CN(Cc3cccnc3)CCO[C@@H]2C1. The van der Waals surface area contributed by atoms with Crippen LogP contribution in [0.15, 0.2) is 24.5 Å². The normalized spacial score (nSPS) is 27.1. The molecule has 20 heavy (non-hydrogen) atoms. The summed E-state index contributed by atoms with van der Waals surface area (Å²) in [6.45, 7) is 6.79. The van der Waals surface area contributed by atoms with Gasteiger partial charge >= 0.3 is 0 Å². The molecule has 0 N–H and O–H groups in total. The van der Waals surface area contributed by atoms with Gasteiger partial charge in [0.05, 0.1) is 12.7 Å². The maximum Gasteiger partial charge on any atom is 0.219 e. The largest absolute Gasteiger partial charge is 0.375 e. The molecule has 0 radical (unpaired) electrons. The molecule has 5 nitrogen and oxygen atoms in total. The molecule has 2 saturated heterocycles. The zero-order chi connectivity index (χ0) is 13.9. The van der Waals surface area contributed by atoms with Crippen LogP contribution in [0.1, 0.15) is 12.5 Å². The van der Waals surface area contributed by atoms with Crippen molar-refractivity contribution in [2.45, 2.75) is 19.6 Å². The molecule has 3 heterocycles. The number of carbonyl (C=O) groups is 1. The number of rotatable bonds is 2. The van der Waals surface area contributed by atoms with Crippen LogP contribution < -0.4 is 0 Å². The molecule has 0 aliphatic carbocycles. The van der Waals surface area contributed by atoms with Gasteiger partial charge in [0.15, 0.2) is 0 Å². The summed E-state index contributed by atoms with van der Waals surface area (Å²) in [6, 6.07) is 4.08. The molecule has 0 bridgehead atoms. The minimum absolute atomic E-state index is 0.153. The second kappa shape index (κ2) is 5.89. The fourth-order valence-electron chi connectivity index (χ4n) is 3.11. The zero-order valence-electron chi connectivity index (χ0n) is 11.9. The minimum atomic E-state index is 0.153. The first-order valence-corrected chi connectivity index (χ1v) is 7.21. The van der Waals surface area contributed by atoms with Crippen molar-refractivity contribution in [3.63, 3.8) is 0 Å². The number of nitrogens with zero attached hydrogens (tertiary/aromatic N) is 3. The van der Waals surface area contributed by atoms with E-state index in [-0.39, 0.29) is 12.0 Å². The van der Waals surface area contributed by atoms with Crippen LogP contribution in [0, 0.1) is 5.92 Å². The number of likely N-dealkylation sites (tertiary alicyclic amines) is 1. The lowest BCUT2D eigenvalue weighted by Crippen LogP contribution is -2.33. The molecule has 0 saturated carbocycles. The van der Waals surface area contributed by atoms with E-state index in [0.717, 1.165) is 39.3 Å². The lowest BCUT2D eigenvalue weighted by molar-refractivity contribution is -0.128. The van der Waals surface area contributed by atoms with Gasteiger partial charge in [0.1, 0.15) is 0 Å². The van der Waals surface area contributed by atoms with Gasteiger partial charge in [0.2, 0.25) is 5.91 Å². The van der Waals surface area contributed by atoms with Crippen LogP contribution in [0.3, 0.4) is 0 Å². The first-order valence-electron chi connectivity index (χ1n) is 7.21. The van der Waals surface area contributed by atoms with Gasteiger partial charge in [-0.3, -0.25) is 14.7 Å². The first-order chi connectivity index (χ1) is 9.72. The molecular weight excluding hydrogens is 254 g/mol. The number of ether oxygens (including phenoxy) is 1. The summed E-state index contributed by atoms with van der Waals surface area (Å²) in [5, 5.41) is 0. The summed E-state index contributed by atoms with van der Waals surface area (Å²) in [5.41, 5.74) is 1.23. The molecule has 2 atom stereocenters. The van der Waals surface area contributed by atoms with E-state index in [9.17, 15) is 4.79 Å². The molecule has 1 aromatic heterocycles. The van der Waals surface area contributed by atoms with Crippen molar-refractivity contribution in [2.75, 3.05) is 32.8 Å². The van der Waals surface area contributed by atoms with E-state index in [2.05, 4.69) is 16.0 Å². The fourth-order valence-corrected chi connectivity index (χ4v) is 3.11. The highest BCUT2D eigenvalue weighted by Gasteiger charge is 2.37. The second-order valence-electron chi connectivity index (χ2n) is 5.69.